The van der Waals surface area contributed by atoms with E-state index in [-0.39, 0.29) is 5.91 Å². The van der Waals surface area contributed by atoms with Gasteiger partial charge in [-0.25, -0.2) is 9.78 Å². The fraction of sp³-hybridized carbons (Fsp3) is 0.462. The maximum atomic E-state index is 12.6. The van der Waals surface area contributed by atoms with Crippen LogP contribution < -0.4 is 10.6 Å². The third kappa shape index (κ3) is 5.92. The van der Waals surface area contributed by atoms with E-state index < -0.39 is 12.0 Å². The molecule has 0 spiro atoms. The van der Waals surface area contributed by atoms with Crippen LogP contribution in [0.1, 0.15) is 66.6 Å². The van der Waals surface area contributed by atoms with Crippen LogP contribution in [0.3, 0.4) is 0 Å². The number of carboxylic acids is 1. The van der Waals surface area contributed by atoms with Crippen LogP contribution >= 0.6 is 0 Å². The molecule has 3 aromatic rings. The second-order valence-corrected chi connectivity index (χ2v) is 9.05. The Bertz CT molecular complexity index is 1160. The number of amides is 1. The number of hydrogen-bond donors (Lipinski definition) is 3. The lowest BCUT2D eigenvalue weighted by molar-refractivity contribution is -0.139. The van der Waals surface area contributed by atoms with Crippen molar-refractivity contribution in [1.29, 1.82) is 0 Å². The fourth-order valence-electron chi connectivity index (χ4n) is 4.48. The van der Waals surface area contributed by atoms with Crippen LogP contribution in [0.2, 0.25) is 0 Å². The maximum Gasteiger partial charge on any atom is 0.326 e. The van der Waals surface area contributed by atoms with E-state index in [4.69, 9.17) is 4.98 Å². The van der Waals surface area contributed by atoms with Gasteiger partial charge in [-0.1, -0.05) is 37.8 Å². The van der Waals surface area contributed by atoms with Crippen molar-refractivity contribution >= 4 is 28.6 Å². The highest BCUT2D eigenvalue weighted by Crippen LogP contribution is 2.21. The molecule has 0 bridgehead atoms. The van der Waals surface area contributed by atoms with Crippen LogP contribution in [0, 0.1) is 0 Å². The van der Waals surface area contributed by atoms with Gasteiger partial charge in [-0.3, -0.25) is 9.48 Å². The zero-order chi connectivity index (χ0) is 23.9. The Morgan fingerprint density at radius 2 is 1.97 bits per heavy atom. The summed E-state index contributed by atoms with van der Waals surface area (Å²) in [7, 11) is 1.81. The van der Waals surface area contributed by atoms with Crippen molar-refractivity contribution in [2.45, 2.75) is 63.8 Å². The second kappa shape index (κ2) is 11.1. The predicted molar refractivity (Wildman–Crippen MR) is 132 cm³/mol. The van der Waals surface area contributed by atoms with Crippen molar-refractivity contribution in [3.63, 3.8) is 0 Å². The number of carbonyl (C=O) groups is 2. The average molecular weight is 464 g/mol. The molecule has 0 saturated heterocycles. The molecule has 1 amide bonds. The molecule has 0 radical (unpaired) electrons. The van der Waals surface area contributed by atoms with E-state index >= 15 is 0 Å². The zero-order valence-corrected chi connectivity index (χ0v) is 19.7. The van der Waals surface area contributed by atoms with E-state index in [0.717, 1.165) is 73.9 Å². The summed E-state index contributed by atoms with van der Waals surface area (Å²) < 4.78 is 1.69. The van der Waals surface area contributed by atoms with Crippen molar-refractivity contribution < 1.29 is 14.7 Å². The molecule has 8 heteroatoms. The Morgan fingerprint density at radius 3 is 2.82 bits per heavy atom. The molecule has 1 aliphatic heterocycles. The van der Waals surface area contributed by atoms with E-state index in [9.17, 15) is 14.7 Å². The number of nitrogens with zero attached hydrogens (tertiary/aromatic N) is 3. The van der Waals surface area contributed by atoms with E-state index in [1.165, 1.54) is 12.0 Å². The molecule has 8 nitrogen and oxygen atoms in total. The molecule has 0 fully saturated rings. The molecule has 180 valence electrons. The molecule has 0 unspecified atom stereocenters. The number of aryl methyl sites for hydroxylation is 3. The number of rotatable bonds is 11. The highest BCUT2D eigenvalue weighted by molar-refractivity contribution is 5.99. The summed E-state index contributed by atoms with van der Waals surface area (Å²) in [6, 6.07) is 8.71. The van der Waals surface area contributed by atoms with Gasteiger partial charge >= 0.3 is 5.97 Å². The SMILES string of the molecule is Cn1ncc2ccc(C(=O)N[C@@H](CCCCCCCc3ccc4c(n3)NCCC4)C(=O)O)cc21. The summed E-state index contributed by atoms with van der Waals surface area (Å²) in [5.41, 5.74) is 3.72. The number of benzene rings is 1. The first kappa shape index (κ1) is 23.7. The zero-order valence-electron chi connectivity index (χ0n) is 19.7. The molecule has 34 heavy (non-hydrogen) atoms. The van der Waals surface area contributed by atoms with Crippen molar-refractivity contribution in [2.75, 3.05) is 11.9 Å². The largest absolute Gasteiger partial charge is 0.480 e. The summed E-state index contributed by atoms with van der Waals surface area (Å²) in [6.45, 7) is 1.00. The Labute approximate surface area is 199 Å². The maximum absolute atomic E-state index is 12.6. The van der Waals surface area contributed by atoms with E-state index in [1.54, 1.807) is 23.0 Å². The number of carboxylic acid groups (broad SMARTS) is 1. The Hall–Kier alpha value is -3.42. The van der Waals surface area contributed by atoms with Gasteiger partial charge in [0.1, 0.15) is 11.9 Å². The van der Waals surface area contributed by atoms with E-state index in [1.807, 2.05) is 13.1 Å². The Kier molecular flexibility index (Phi) is 7.77. The van der Waals surface area contributed by atoms with Gasteiger partial charge in [0.05, 0.1) is 11.7 Å². The van der Waals surface area contributed by atoms with Gasteiger partial charge in [-0.15, -0.1) is 0 Å². The number of carbonyl (C=O) groups excluding carboxylic acids is 1. The molecule has 0 aliphatic carbocycles. The average Bonchev–Trinajstić information content (AvgIpc) is 3.22. The second-order valence-electron chi connectivity index (χ2n) is 9.05. The van der Waals surface area contributed by atoms with E-state index in [0.29, 0.717) is 12.0 Å². The highest BCUT2D eigenvalue weighted by atomic mass is 16.4. The third-order valence-electron chi connectivity index (χ3n) is 6.49. The van der Waals surface area contributed by atoms with Crippen molar-refractivity contribution in [3.8, 4) is 0 Å². The van der Waals surface area contributed by atoms with Gasteiger partial charge < -0.3 is 15.7 Å². The fourth-order valence-corrected chi connectivity index (χ4v) is 4.48. The van der Waals surface area contributed by atoms with E-state index in [2.05, 4.69) is 27.9 Å². The molecule has 2 aromatic heterocycles. The smallest absolute Gasteiger partial charge is 0.326 e. The number of anilines is 1. The lowest BCUT2D eigenvalue weighted by atomic mass is 10.0. The van der Waals surface area contributed by atoms with Crippen molar-refractivity contribution in [3.05, 3.63) is 53.3 Å². The third-order valence-corrected chi connectivity index (χ3v) is 6.49. The minimum Gasteiger partial charge on any atom is -0.480 e. The standard InChI is InChI=1S/C26H33N5O3/c1-31-23-16-19(11-12-20(23)17-28-31)25(32)30-22(26(33)34)10-6-4-2-3-5-9-21-14-13-18-8-7-15-27-24(18)29-21/h11-14,16-17,22H,2-10,15H2,1H3,(H,27,29)(H,30,32)(H,33,34)/t22-/m0/s1. The first-order valence-electron chi connectivity index (χ1n) is 12.2. The van der Waals surface area contributed by atoms with Crippen molar-refractivity contribution in [1.82, 2.24) is 20.1 Å². The predicted octanol–water partition coefficient (Wildman–Crippen LogP) is 4.09. The molecule has 1 aliphatic rings. The molecule has 3 N–H and O–H groups in total. The monoisotopic (exact) mass is 463 g/mol. The first-order valence-corrected chi connectivity index (χ1v) is 12.2. The molecular formula is C26H33N5O3. The van der Waals surface area contributed by atoms with Crippen molar-refractivity contribution in [2.24, 2.45) is 7.05 Å². The summed E-state index contributed by atoms with van der Waals surface area (Å²) in [4.78, 5) is 29.0. The number of unbranched alkanes of at least 4 members (excludes halogenated alkanes) is 4. The van der Waals surface area contributed by atoms with Crippen LogP contribution in [-0.2, 0) is 24.7 Å². The van der Waals surface area contributed by atoms with Gasteiger partial charge in [0.2, 0.25) is 0 Å². The number of aliphatic carboxylic acids is 1. The molecule has 4 rings (SSSR count). The molecule has 1 aromatic carbocycles. The van der Waals surface area contributed by atoms with Gasteiger partial charge in [0, 0.05) is 30.2 Å². The minimum atomic E-state index is -0.998. The van der Waals surface area contributed by atoms with Gasteiger partial charge in [0.25, 0.3) is 5.91 Å². The normalized spacial score (nSPS) is 13.8. The molecule has 1 atom stereocenters. The number of aromatic nitrogens is 3. The number of fused-ring (bicyclic) bond motifs is 2. The number of hydrogen-bond acceptors (Lipinski definition) is 5. The minimum absolute atomic E-state index is 0.373. The summed E-state index contributed by atoms with van der Waals surface area (Å²) in [6.07, 6.45) is 10.3. The van der Waals surface area contributed by atoms with Crippen LogP contribution in [0.5, 0.6) is 0 Å². The van der Waals surface area contributed by atoms with Gasteiger partial charge in [0.15, 0.2) is 0 Å². The number of nitrogens with one attached hydrogen (secondary N) is 2. The highest BCUT2D eigenvalue weighted by Gasteiger charge is 2.20. The van der Waals surface area contributed by atoms with Crippen LogP contribution in [0.4, 0.5) is 5.82 Å². The first-order chi connectivity index (χ1) is 16.5. The Morgan fingerprint density at radius 1 is 1.15 bits per heavy atom. The van der Waals surface area contributed by atoms with Crippen LogP contribution in [-0.4, -0.2) is 44.3 Å². The van der Waals surface area contributed by atoms with Crippen LogP contribution in [0.25, 0.3) is 10.9 Å². The topological polar surface area (TPSA) is 109 Å². The van der Waals surface area contributed by atoms with Crippen LogP contribution in [0.15, 0.2) is 36.5 Å². The lowest BCUT2D eigenvalue weighted by Gasteiger charge is -2.17. The molecule has 3 heterocycles. The lowest BCUT2D eigenvalue weighted by Crippen LogP contribution is -2.40. The van der Waals surface area contributed by atoms with Gasteiger partial charge in [-0.05, 0) is 55.9 Å². The summed E-state index contributed by atoms with van der Waals surface area (Å²) in [5, 5.41) is 20.7. The molecule has 0 saturated carbocycles. The Balaban J connectivity index is 1.17. The van der Waals surface area contributed by atoms with Gasteiger partial charge in [-0.2, -0.15) is 5.10 Å². The number of pyridine rings is 1. The quantitative estimate of drug-likeness (QED) is 0.370. The summed E-state index contributed by atoms with van der Waals surface area (Å²) in [5.74, 6) is -0.324. The molecular weight excluding hydrogens is 430 g/mol. The summed E-state index contributed by atoms with van der Waals surface area (Å²) >= 11 is 0.